The molecule has 0 saturated carbocycles. The summed E-state index contributed by atoms with van der Waals surface area (Å²) in [6, 6.07) is 14.1. The van der Waals surface area contributed by atoms with E-state index in [-0.39, 0.29) is 25.0 Å². The smallest absolute Gasteiger partial charge is 0.261 e. The Balaban J connectivity index is 1.60. The molecule has 0 unspecified atom stereocenters. The summed E-state index contributed by atoms with van der Waals surface area (Å²) in [5.41, 5.74) is 0.893. The van der Waals surface area contributed by atoms with Gasteiger partial charge in [-0.25, -0.2) is 0 Å². The number of fused-ring (bicyclic) bond motifs is 1. The number of hydrogen-bond acceptors (Lipinski definition) is 4. The van der Waals surface area contributed by atoms with E-state index in [1.807, 2.05) is 25.2 Å². The van der Waals surface area contributed by atoms with Crippen LogP contribution in [0.4, 0.5) is 0 Å². The van der Waals surface area contributed by atoms with Crippen molar-refractivity contribution < 1.29 is 19.1 Å². The number of ether oxygens (including phenoxy) is 1. The molecule has 0 radical (unpaired) electrons. The predicted molar refractivity (Wildman–Crippen MR) is 93.1 cm³/mol. The van der Waals surface area contributed by atoms with Crippen LogP contribution in [-0.2, 0) is 0 Å². The summed E-state index contributed by atoms with van der Waals surface area (Å²) >= 11 is 0. The molecule has 0 bridgehead atoms. The molecule has 2 aromatic rings. The molecule has 0 fully saturated rings. The van der Waals surface area contributed by atoms with E-state index in [1.165, 1.54) is 4.90 Å². The summed E-state index contributed by atoms with van der Waals surface area (Å²) in [5, 5.41) is 0.926. The molecule has 2 amide bonds. The fourth-order valence-corrected chi connectivity index (χ4v) is 3.64. The van der Waals surface area contributed by atoms with Crippen molar-refractivity contribution in [3.63, 3.8) is 0 Å². The summed E-state index contributed by atoms with van der Waals surface area (Å²) in [7, 11) is -2.32. The number of amides is 2. The van der Waals surface area contributed by atoms with Crippen LogP contribution in [0.1, 0.15) is 20.7 Å². The molecule has 1 aliphatic rings. The maximum absolute atomic E-state index is 12.2. The van der Waals surface area contributed by atoms with E-state index in [2.05, 4.69) is 0 Å². The molecule has 1 N–H and O–H groups in total. The number of nitrogens with zero attached hydrogens (tertiary/aromatic N) is 1. The van der Waals surface area contributed by atoms with Gasteiger partial charge in [0.1, 0.15) is 12.4 Å². The highest BCUT2D eigenvalue weighted by Gasteiger charge is 2.34. The Morgan fingerprint density at radius 2 is 1.50 bits per heavy atom. The van der Waals surface area contributed by atoms with Crippen LogP contribution in [-0.4, -0.2) is 43.0 Å². The van der Waals surface area contributed by atoms with Gasteiger partial charge in [-0.2, -0.15) is 0 Å². The zero-order valence-electron chi connectivity index (χ0n) is 13.7. The monoisotopic (exact) mass is 341 g/mol. The van der Waals surface area contributed by atoms with Crippen LogP contribution in [0.2, 0.25) is 13.1 Å². The third kappa shape index (κ3) is 3.11. The van der Waals surface area contributed by atoms with Gasteiger partial charge in [0, 0.05) is 0 Å². The van der Waals surface area contributed by atoms with Gasteiger partial charge in [-0.15, -0.1) is 0 Å². The second kappa shape index (κ2) is 6.22. The molecule has 3 rings (SSSR count). The average molecular weight is 341 g/mol. The van der Waals surface area contributed by atoms with Crippen molar-refractivity contribution in [2.45, 2.75) is 13.1 Å². The Morgan fingerprint density at radius 1 is 0.958 bits per heavy atom. The van der Waals surface area contributed by atoms with Crippen LogP contribution in [0.3, 0.4) is 0 Å². The number of imide groups is 1. The molecule has 0 saturated heterocycles. The zero-order chi connectivity index (χ0) is 17.3. The first-order valence-corrected chi connectivity index (χ1v) is 10.7. The van der Waals surface area contributed by atoms with Gasteiger partial charge in [0.25, 0.3) is 11.8 Å². The second-order valence-electron chi connectivity index (χ2n) is 6.24. The SMILES string of the molecule is C[Si](C)(O)c1ccc(OCCN2C(=O)c3ccccc3C2=O)cc1. The van der Waals surface area contributed by atoms with E-state index < -0.39 is 8.32 Å². The zero-order valence-corrected chi connectivity index (χ0v) is 14.7. The minimum Gasteiger partial charge on any atom is -0.492 e. The Hall–Kier alpha value is -2.44. The molecule has 6 heteroatoms. The quantitative estimate of drug-likeness (QED) is 0.665. The lowest BCUT2D eigenvalue weighted by Crippen LogP contribution is -2.41. The van der Waals surface area contributed by atoms with Gasteiger partial charge in [0.05, 0.1) is 17.7 Å². The number of benzene rings is 2. The molecular weight excluding hydrogens is 322 g/mol. The van der Waals surface area contributed by atoms with Gasteiger partial charge in [-0.05, 0) is 42.5 Å². The number of carbonyl (C=O) groups is 2. The van der Waals surface area contributed by atoms with Crippen LogP contribution in [0, 0.1) is 0 Å². The first-order chi connectivity index (χ1) is 11.4. The first-order valence-electron chi connectivity index (χ1n) is 7.79. The van der Waals surface area contributed by atoms with Crippen molar-refractivity contribution in [3.8, 4) is 5.75 Å². The molecule has 2 aromatic carbocycles. The largest absolute Gasteiger partial charge is 0.492 e. The summed E-state index contributed by atoms with van der Waals surface area (Å²) in [6.07, 6.45) is 0. The summed E-state index contributed by atoms with van der Waals surface area (Å²) in [5.74, 6) is 0.0961. The lowest BCUT2D eigenvalue weighted by molar-refractivity contribution is 0.0631. The van der Waals surface area contributed by atoms with E-state index in [4.69, 9.17) is 4.74 Å². The van der Waals surface area contributed by atoms with E-state index in [1.54, 1.807) is 36.4 Å². The van der Waals surface area contributed by atoms with E-state index in [0.717, 1.165) is 5.19 Å². The molecule has 1 heterocycles. The number of carbonyl (C=O) groups excluding carboxylic acids is 2. The molecule has 24 heavy (non-hydrogen) atoms. The first kappa shape index (κ1) is 16.4. The maximum Gasteiger partial charge on any atom is 0.261 e. The minimum atomic E-state index is -2.32. The number of rotatable bonds is 5. The molecule has 124 valence electrons. The number of hydrogen-bond donors (Lipinski definition) is 1. The van der Waals surface area contributed by atoms with Gasteiger partial charge >= 0.3 is 0 Å². The van der Waals surface area contributed by atoms with Crippen molar-refractivity contribution in [2.75, 3.05) is 13.2 Å². The summed E-state index contributed by atoms with van der Waals surface area (Å²) in [4.78, 5) is 35.7. The van der Waals surface area contributed by atoms with Crippen LogP contribution in [0.25, 0.3) is 0 Å². The van der Waals surface area contributed by atoms with Crippen molar-refractivity contribution in [2.24, 2.45) is 0 Å². The van der Waals surface area contributed by atoms with E-state index in [0.29, 0.717) is 16.9 Å². The standard InChI is InChI=1S/C18H19NO4Si/c1-24(2,22)14-9-7-13(8-10-14)23-12-11-19-17(20)15-5-3-4-6-16(15)18(19)21/h3-10,22H,11-12H2,1-2H3. The maximum atomic E-state index is 12.2. The normalized spacial score (nSPS) is 14.0. The Labute approximate surface area is 141 Å². The highest BCUT2D eigenvalue weighted by atomic mass is 28.4. The van der Waals surface area contributed by atoms with Gasteiger partial charge in [-0.3, -0.25) is 14.5 Å². The third-order valence-electron chi connectivity index (χ3n) is 4.02. The van der Waals surface area contributed by atoms with Crippen molar-refractivity contribution in [1.29, 1.82) is 0 Å². The molecule has 0 atom stereocenters. The Kier molecular flexibility index (Phi) is 4.25. The molecule has 0 spiro atoms. The topological polar surface area (TPSA) is 66.8 Å². The van der Waals surface area contributed by atoms with Crippen LogP contribution >= 0.6 is 0 Å². The minimum absolute atomic E-state index is 0.203. The molecule has 0 aromatic heterocycles. The Bertz CT molecular complexity index is 745. The molecule has 1 aliphatic heterocycles. The van der Waals surface area contributed by atoms with Crippen LogP contribution < -0.4 is 9.92 Å². The van der Waals surface area contributed by atoms with Gasteiger partial charge < -0.3 is 9.53 Å². The predicted octanol–water partition coefficient (Wildman–Crippen LogP) is 1.77. The average Bonchev–Trinajstić information content (AvgIpc) is 2.80. The fraction of sp³-hybridized carbons (Fsp3) is 0.222. The van der Waals surface area contributed by atoms with Crippen LogP contribution in [0.15, 0.2) is 48.5 Å². The second-order valence-corrected chi connectivity index (χ2v) is 9.93. The van der Waals surface area contributed by atoms with Crippen molar-refractivity contribution in [3.05, 3.63) is 59.7 Å². The van der Waals surface area contributed by atoms with E-state index >= 15 is 0 Å². The van der Waals surface area contributed by atoms with Gasteiger partial charge in [0.2, 0.25) is 8.32 Å². The van der Waals surface area contributed by atoms with Crippen LogP contribution in [0.5, 0.6) is 5.75 Å². The van der Waals surface area contributed by atoms with Gasteiger partial charge in [0.15, 0.2) is 0 Å². The lowest BCUT2D eigenvalue weighted by atomic mass is 10.1. The molecule has 5 nitrogen and oxygen atoms in total. The van der Waals surface area contributed by atoms with Crippen molar-refractivity contribution >= 4 is 25.3 Å². The highest BCUT2D eigenvalue weighted by Crippen LogP contribution is 2.22. The van der Waals surface area contributed by atoms with Gasteiger partial charge in [-0.1, -0.05) is 24.3 Å². The fourth-order valence-electron chi connectivity index (χ4n) is 2.66. The summed E-state index contributed by atoms with van der Waals surface area (Å²) < 4.78 is 5.62. The third-order valence-corrected chi connectivity index (χ3v) is 5.77. The summed E-state index contributed by atoms with van der Waals surface area (Å²) in [6.45, 7) is 4.13. The van der Waals surface area contributed by atoms with Crippen molar-refractivity contribution in [1.82, 2.24) is 4.90 Å². The lowest BCUT2D eigenvalue weighted by Gasteiger charge is -2.16. The van der Waals surface area contributed by atoms with E-state index in [9.17, 15) is 14.4 Å². The molecule has 0 aliphatic carbocycles. The Morgan fingerprint density at radius 3 is 2.00 bits per heavy atom. The molecular formula is C18H19NO4Si. The highest BCUT2D eigenvalue weighted by molar-refractivity contribution is 6.83.